The van der Waals surface area contributed by atoms with Crippen molar-refractivity contribution in [3.05, 3.63) is 82.4 Å². The summed E-state index contributed by atoms with van der Waals surface area (Å²) in [5.41, 5.74) is 5.11. The van der Waals surface area contributed by atoms with Gasteiger partial charge in [0.1, 0.15) is 10.0 Å². The average Bonchev–Trinajstić information content (AvgIpc) is 3.50. The Balaban J connectivity index is 1.63. The largest absolute Gasteiger partial charge is 0.755 e. The summed E-state index contributed by atoms with van der Waals surface area (Å²) in [6.45, 7) is 0. The number of thiazole rings is 2. The highest BCUT2D eigenvalue weighted by Gasteiger charge is 2.22. The molecule has 33 heavy (non-hydrogen) atoms. The van der Waals surface area contributed by atoms with Gasteiger partial charge in [-0.25, -0.2) is 14.8 Å². The van der Waals surface area contributed by atoms with E-state index in [-0.39, 0.29) is 11.7 Å². The molecule has 0 bridgehead atoms. The van der Waals surface area contributed by atoms with Crippen LogP contribution in [-0.4, -0.2) is 31.8 Å². The molecule has 8 nitrogen and oxygen atoms in total. The van der Waals surface area contributed by atoms with Crippen molar-refractivity contribution < 1.29 is 18.3 Å². The minimum absolute atomic E-state index is 0.225. The van der Waals surface area contributed by atoms with Crippen LogP contribution in [0.5, 0.6) is 0 Å². The van der Waals surface area contributed by atoms with E-state index < -0.39 is 17.2 Å². The lowest BCUT2D eigenvalue weighted by Gasteiger charge is -2.18. The fraction of sp³-hybridized carbons (Fsp3) is 0.136. The Kier molecular flexibility index (Phi) is 7.45. The van der Waals surface area contributed by atoms with E-state index in [1.165, 1.54) is 18.4 Å². The molecule has 2 aromatic carbocycles. The van der Waals surface area contributed by atoms with Gasteiger partial charge in [0.2, 0.25) is 0 Å². The Labute approximate surface area is 201 Å². The van der Waals surface area contributed by atoms with Crippen molar-refractivity contribution in [3.8, 4) is 10.6 Å². The third-order valence-corrected chi connectivity index (χ3v) is 6.82. The number of benzene rings is 2. The molecule has 0 amide bonds. The first-order valence-electron chi connectivity index (χ1n) is 9.77. The van der Waals surface area contributed by atoms with Crippen LogP contribution in [0.1, 0.15) is 27.8 Å². The van der Waals surface area contributed by atoms with E-state index in [0.717, 1.165) is 21.8 Å². The number of methoxy groups -OCH3 is 1. The van der Waals surface area contributed by atoms with Crippen LogP contribution in [0.4, 0.5) is 10.7 Å². The molecular weight excluding hydrogens is 480 g/mol. The van der Waals surface area contributed by atoms with Crippen molar-refractivity contribution in [3.63, 3.8) is 0 Å². The maximum absolute atomic E-state index is 12.1. The molecule has 0 aliphatic carbocycles. The highest BCUT2D eigenvalue weighted by atomic mass is 32.2. The number of nitrogens with one attached hydrogen (secondary N) is 2. The fourth-order valence-corrected chi connectivity index (χ4v) is 5.11. The number of hydrogen-bond donors (Lipinski definition) is 2. The zero-order chi connectivity index (χ0) is 23.2. The number of esters is 1. The van der Waals surface area contributed by atoms with Crippen molar-refractivity contribution in [1.29, 1.82) is 0 Å². The van der Waals surface area contributed by atoms with Crippen LogP contribution in [0.15, 0.2) is 65.5 Å². The Hall–Kier alpha value is -3.12. The molecule has 2 heterocycles. The van der Waals surface area contributed by atoms with E-state index in [1.54, 1.807) is 29.0 Å². The molecular formula is C22H19N4O4S3-. The quantitative estimate of drug-likeness (QED) is 0.254. The van der Waals surface area contributed by atoms with E-state index in [2.05, 4.69) is 15.0 Å². The standard InChI is InChI=1S/C22H20N4O4S3/c1-30-22(27)19-21(32-13-23-19)24-17(11-14-7-9-16(10-8-14)26-33(28)29)18-12-31-20(25-18)15-5-3-2-4-6-15/h2-10,12-13,17,24,26H,11H2,1H3,(H,28,29)/p-1/t17-/m0/s1. The predicted octanol–water partition coefficient (Wildman–Crippen LogP) is 4.66. The van der Waals surface area contributed by atoms with Crippen LogP contribution in [0.3, 0.4) is 0 Å². The second kappa shape index (κ2) is 10.7. The Morgan fingerprint density at radius 1 is 1.15 bits per heavy atom. The van der Waals surface area contributed by atoms with Gasteiger partial charge in [0.15, 0.2) is 5.69 Å². The van der Waals surface area contributed by atoms with Crippen LogP contribution >= 0.6 is 22.7 Å². The van der Waals surface area contributed by atoms with Gasteiger partial charge >= 0.3 is 5.97 Å². The number of hydrogen-bond acceptors (Lipinski definition) is 9. The van der Waals surface area contributed by atoms with Gasteiger partial charge in [0.25, 0.3) is 0 Å². The van der Waals surface area contributed by atoms with Crippen LogP contribution in [0.25, 0.3) is 10.6 Å². The summed E-state index contributed by atoms with van der Waals surface area (Å²) >= 11 is 0.479. The summed E-state index contributed by atoms with van der Waals surface area (Å²) in [6.07, 6.45) is 0.553. The van der Waals surface area contributed by atoms with Crippen LogP contribution in [0, 0.1) is 0 Å². The summed E-state index contributed by atoms with van der Waals surface area (Å²) in [4.78, 5) is 21.1. The third kappa shape index (κ3) is 5.82. The monoisotopic (exact) mass is 499 g/mol. The highest BCUT2D eigenvalue weighted by Crippen LogP contribution is 2.32. The van der Waals surface area contributed by atoms with Gasteiger partial charge in [-0.05, 0) is 24.1 Å². The first-order chi connectivity index (χ1) is 16.0. The molecule has 0 fully saturated rings. The molecule has 0 aliphatic rings. The maximum atomic E-state index is 12.1. The lowest BCUT2D eigenvalue weighted by atomic mass is 10.0. The Morgan fingerprint density at radius 3 is 2.61 bits per heavy atom. The number of rotatable bonds is 9. The second-order valence-corrected chi connectivity index (χ2v) is 9.29. The van der Waals surface area contributed by atoms with Gasteiger partial charge in [-0.15, -0.1) is 22.7 Å². The first-order valence-corrected chi connectivity index (χ1v) is 12.6. The summed E-state index contributed by atoms with van der Waals surface area (Å²) < 4.78 is 28.9. The van der Waals surface area contributed by atoms with Crippen LogP contribution in [-0.2, 0) is 22.4 Å². The molecule has 1 unspecified atom stereocenters. The molecule has 170 valence electrons. The van der Waals surface area contributed by atoms with E-state index in [1.807, 2.05) is 47.8 Å². The molecule has 0 saturated heterocycles. The SMILES string of the molecule is COC(=O)c1ncsc1N[C@@H](Cc1ccc(NS(=O)[O-])cc1)c1csc(-c2ccccc2)n1. The minimum Gasteiger partial charge on any atom is -0.755 e. The summed E-state index contributed by atoms with van der Waals surface area (Å²) in [6, 6.07) is 16.8. The van der Waals surface area contributed by atoms with Crippen molar-refractivity contribution in [1.82, 2.24) is 9.97 Å². The summed E-state index contributed by atoms with van der Waals surface area (Å²) in [5.74, 6) is -0.512. The molecule has 0 radical (unpaired) electrons. The van der Waals surface area contributed by atoms with Crippen molar-refractivity contribution in [2.75, 3.05) is 17.1 Å². The van der Waals surface area contributed by atoms with Crippen molar-refractivity contribution in [2.45, 2.75) is 12.5 Å². The van der Waals surface area contributed by atoms with Crippen molar-refractivity contribution >= 4 is 50.6 Å². The lowest BCUT2D eigenvalue weighted by molar-refractivity contribution is 0.0596. The number of ether oxygens (including phenoxy) is 1. The number of aromatic nitrogens is 2. The van der Waals surface area contributed by atoms with E-state index in [0.29, 0.717) is 17.1 Å². The van der Waals surface area contributed by atoms with Crippen LogP contribution < -0.4 is 10.0 Å². The van der Waals surface area contributed by atoms with Gasteiger partial charge in [0, 0.05) is 27.9 Å². The zero-order valence-electron chi connectivity index (χ0n) is 17.4. The summed E-state index contributed by atoms with van der Waals surface area (Å²) in [7, 11) is 1.32. The fourth-order valence-electron chi connectivity index (χ4n) is 3.18. The highest BCUT2D eigenvalue weighted by molar-refractivity contribution is 7.80. The third-order valence-electron chi connectivity index (χ3n) is 4.75. The zero-order valence-corrected chi connectivity index (χ0v) is 19.8. The number of nitrogens with zero attached hydrogens (tertiary/aromatic N) is 2. The summed E-state index contributed by atoms with van der Waals surface area (Å²) in [5, 5.41) is 6.89. The Morgan fingerprint density at radius 2 is 1.91 bits per heavy atom. The molecule has 4 rings (SSSR count). The molecule has 0 spiro atoms. The average molecular weight is 500 g/mol. The van der Waals surface area contributed by atoms with E-state index in [9.17, 15) is 13.6 Å². The van der Waals surface area contributed by atoms with Gasteiger partial charge in [-0.3, -0.25) is 4.21 Å². The first kappa shape index (κ1) is 23.1. The van der Waals surface area contributed by atoms with Gasteiger partial charge in [-0.2, -0.15) is 0 Å². The maximum Gasteiger partial charge on any atom is 0.359 e. The molecule has 0 saturated carbocycles. The van der Waals surface area contributed by atoms with Gasteiger partial charge in [0.05, 0.1) is 24.4 Å². The molecule has 0 aliphatic heterocycles. The molecule has 2 atom stereocenters. The second-order valence-electron chi connectivity index (χ2n) is 6.90. The van der Waals surface area contributed by atoms with Gasteiger partial charge < -0.3 is 19.3 Å². The molecule has 11 heteroatoms. The van der Waals surface area contributed by atoms with Crippen LogP contribution in [0.2, 0.25) is 0 Å². The molecule has 2 N–H and O–H groups in total. The number of anilines is 2. The Bertz CT molecular complexity index is 1240. The smallest absolute Gasteiger partial charge is 0.359 e. The normalized spacial score (nSPS) is 12.7. The van der Waals surface area contributed by atoms with E-state index in [4.69, 9.17) is 9.72 Å². The number of carbonyl (C=O) groups excluding carboxylic acids is 1. The number of carbonyl (C=O) groups is 1. The van der Waals surface area contributed by atoms with E-state index >= 15 is 0 Å². The minimum atomic E-state index is -2.38. The predicted molar refractivity (Wildman–Crippen MR) is 130 cm³/mol. The topological polar surface area (TPSA) is 116 Å². The molecule has 2 aromatic heterocycles. The lowest BCUT2D eigenvalue weighted by Crippen LogP contribution is -2.16. The van der Waals surface area contributed by atoms with Gasteiger partial charge in [-0.1, -0.05) is 42.5 Å². The van der Waals surface area contributed by atoms with Crippen molar-refractivity contribution in [2.24, 2.45) is 0 Å². The molecule has 4 aromatic rings.